The number of nitrogens with zero attached hydrogens (tertiary/aromatic N) is 1. The summed E-state index contributed by atoms with van der Waals surface area (Å²) in [6, 6.07) is 7.87. The highest BCUT2D eigenvalue weighted by molar-refractivity contribution is 6.11. The number of hydrogen-bond donors (Lipinski definition) is 1. The molecule has 0 radical (unpaired) electrons. The Bertz CT molecular complexity index is 682. The van der Waals surface area contributed by atoms with E-state index in [0.717, 1.165) is 11.6 Å². The highest BCUT2D eigenvalue weighted by Crippen LogP contribution is 2.31. The van der Waals surface area contributed by atoms with Crippen LogP contribution in [0.15, 0.2) is 36.4 Å². The molecule has 1 N–H and O–H groups in total. The van der Waals surface area contributed by atoms with E-state index < -0.39 is 17.5 Å². The van der Waals surface area contributed by atoms with E-state index in [2.05, 4.69) is 0 Å². The number of amidine groups is 1. The summed E-state index contributed by atoms with van der Waals surface area (Å²) in [5.41, 5.74) is 1.11. The van der Waals surface area contributed by atoms with Crippen molar-refractivity contribution in [2.45, 2.75) is 6.54 Å². The van der Waals surface area contributed by atoms with E-state index >= 15 is 0 Å². The lowest BCUT2D eigenvalue weighted by Crippen LogP contribution is -2.24. The third-order valence-electron chi connectivity index (χ3n) is 3.15. The molecule has 19 heavy (non-hydrogen) atoms. The van der Waals surface area contributed by atoms with Crippen molar-refractivity contribution in [3.63, 3.8) is 0 Å². The molecule has 1 aliphatic rings. The Morgan fingerprint density at radius 1 is 1.05 bits per heavy atom. The molecular weight excluding hydrogens is 253 g/mol. The topological polar surface area (TPSA) is 27.1 Å². The monoisotopic (exact) mass is 262 g/mol. The molecule has 2 nitrogen and oxygen atoms in total. The van der Waals surface area contributed by atoms with Crippen LogP contribution in [-0.2, 0) is 6.54 Å². The SMILES string of the molecule is N=C1c2cc(F)ccc2CN1c1cccc(F)c1F. The smallest absolute Gasteiger partial charge is 0.182 e. The van der Waals surface area contributed by atoms with Crippen LogP contribution in [0.1, 0.15) is 11.1 Å². The predicted octanol–water partition coefficient (Wildman–Crippen LogP) is 3.45. The molecule has 1 aliphatic heterocycles. The third kappa shape index (κ3) is 1.78. The molecule has 3 rings (SSSR count). The lowest BCUT2D eigenvalue weighted by atomic mass is 10.1. The lowest BCUT2D eigenvalue weighted by Gasteiger charge is -2.18. The van der Waals surface area contributed by atoms with Gasteiger partial charge in [0.2, 0.25) is 0 Å². The predicted molar refractivity (Wildman–Crippen MR) is 65.8 cm³/mol. The minimum absolute atomic E-state index is 0.0124. The molecular formula is C14H9F3N2. The Morgan fingerprint density at radius 3 is 2.63 bits per heavy atom. The minimum Gasteiger partial charge on any atom is -0.319 e. The highest BCUT2D eigenvalue weighted by Gasteiger charge is 2.28. The molecule has 0 atom stereocenters. The van der Waals surface area contributed by atoms with Crippen LogP contribution in [0.4, 0.5) is 18.9 Å². The van der Waals surface area contributed by atoms with Gasteiger partial charge in [-0.05, 0) is 29.8 Å². The maximum Gasteiger partial charge on any atom is 0.182 e. The zero-order chi connectivity index (χ0) is 13.6. The molecule has 0 saturated carbocycles. The number of hydrogen-bond acceptors (Lipinski definition) is 1. The zero-order valence-electron chi connectivity index (χ0n) is 9.75. The number of nitrogens with one attached hydrogen (secondary N) is 1. The fourth-order valence-electron chi connectivity index (χ4n) is 2.21. The van der Waals surface area contributed by atoms with Crippen molar-refractivity contribution in [2.24, 2.45) is 0 Å². The second kappa shape index (κ2) is 4.12. The first-order valence-electron chi connectivity index (χ1n) is 5.67. The van der Waals surface area contributed by atoms with Gasteiger partial charge in [0, 0.05) is 5.56 Å². The van der Waals surface area contributed by atoms with Crippen LogP contribution in [0, 0.1) is 22.9 Å². The number of rotatable bonds is 1. The van der Waals surface area contributed by atoms with Gasteiger partial charge in [-0.15, -0.1) is 0 Å². The molecule has 2 aromatic rings. The lowest BCUT2D eigenvalue weighted by molar-refractivity contribution is 0.509. The van der Waals surface area contributed by atoms with Gasteiger partial charge in [-0.25, -0.2) is 13.2 Å². The molecule has 5 heteroatoms. The molecule has 0 fully saturated rings. The number of fused-ring (bicyclic) bond motifs is 1. The Balaban J connectivity index is 2.07. The number of benzene rings is 2. The molecule has 2 aromatic carbocycles. The first-order valence-corrected chi connectivity index (χ1v) is 5.67. The summed E-state index contributed by atoms with van der Waals surface area (Å²) in [5, 5.41) is 7.96. The summed E-state index contributed by atoms with van der Waals surface area (Å²) in [4.78, 5) is 1.32. The quantitative estimate of drug-likeness (QED) is 0.837. The Hall–Kier alpha value is -2.30. The van der Waals surface area contributed by atoms with Crippen molar-refractivity contribution in [1.82, 2.24) is 0 Å². The van der Waals surface area contributed by atoms with E-state index in [4.69, 9.17) is 5.41 Å². The van der Waals surface area contributed by atoms with E-state index in [1.807, 2.05) is 0 Å². The van der Waals surface area contributed by atoms with Gasteiger partial charge >= 0.3 is 0 Å². The maximum atomic E-state index is 13.7. The van der Waals surface area contributed by atoms with Crippen LogP contribution < -0.4 is 4.90 Å². The summed E-state index contributed by atoms with van der Waals surface area (Å²) >= 11 is 0. The molecule has 1 heterocycles. The summed E-state index contributed by atoms with van der Waals surface area (Å²) in [6.07, 6.45) is 0. The van der Waals surface area contributed by atoms with Crippen molar-refractivity contribution < 1.29 is 13.2 Å². The van der Waals surface area contributed by atoms with Crippen LogP contribution in [0.2, 0.25) is 0 Å². The van der Waals surface area contributed by atoms with Gasteiger partial charge in [-0.2, -0.15) is 0 Å². The van der Waals surface area contributed by atoms with Crippen LogP contribution >= 0.6 is 0 Å². The molecule has 0 bridgehead atoms. The van der Waals surface area contributed by atoms with E-state index in [9.17, 15) is 13.2 Å². The van der Waals surface area contributed by atoms with Crippen LogP contribution in [0.25, 0.3) is 0 Å². The standard InChI is InChI=1S/C14H9F3N2/c15-9-5-4-8-7-19(14(18)10(8)6-9)12-3-1-2-11(16)13(12)17/h1-6,18H,7H2. The highest BCUT2D eigenvalue weighted by atomic mass is 19.2. The Kier molecular flexibility index (Phi) is 2.55. The Labute approximate surface area is 107 Å². The summed E-state index contributed by atoms with van der Waals surface area (Å²) in [5.74, 6) is -2.45. The summed E-state index contributed by atoms with van der Waals surface area (Å²) < 4.78 is 40.1. The fraction of sp³-hybridized carbons (Fsp3) is 0.0714. The van der Waals surface area contributed by atoms with E-state index in [-0.39, 0.29) is 18.1 Å². The van der Waals surface area contributed by atoms with Gasteiger partial charge in [0.15, 0.2) is 11.6 Å². The largest absolute Gasteiger partial charge is 0.319 e. The van der Waals surface area contributed by atoms with E-state index in [1.165, 1.54) is 29.2 Å². The van der Waals surface area contributed by atoms with Gasteiger partial charge in [-0.3, -0.25) is 5.41 Å². The van der Waals surface area contributed by atoms with Gasteiger partial charge in [0.05, 0.1) is 12.2 Å². The molecule has 0 unspecified atom stereocenters. The number of anilines is 1. The first-order chi connectivity index (χ1) is 9.08. The Morgan fingerprint density at radius 2 is 1.84 bits per heavy atom. The summed E-state index contributed by atoms with van der Waals surface area (Å²) in [6.45, 7) is 0.231. The van der Waals surface area contributed by atoms with Gasteiger partial charge in [-0.1, -0.05) is 12.1 Å². The van der Waals surface area contributed by atoms with Crippen LogP contribution in [0.3, 0.4) is 0 Å². The van der Waals surface area contributed by atoms with Crippen LogP contribution in [0.5, 0.6) is 0 Å². The van der Waals surface area contributed by atoms with Crippen molar-refractivity contribution >= 4 is 11.5 Å². The normalized spacial score (nSPS) is 13.8. The molecule has 0 amide bonds. The first kappa shape index (κ1) is 11.8. The molecule has 96 valence electrons. The average molecular weight is 262 g/mol. The zero-order valence-corrected chi connectivity index (χ0v) is 9.75. The summed E-state index contributed by atoms with van der Waals surface area (Å²) in [7, 11) is 0. The van der Waals surface area contributed by atoms with E-state index in [1.54, 1.807) is 6.07 Å². The second-order valence-corrected chi connectivity index (χ2v) is 4.31. The molecule has 0 saturated heterocycles. The minimum atomic E-state index is -1.000. The maximum absolute atomic E-state index is 13.7. The van der Waals surface area contributed by atoms with Gasteiger partial charge in [0.1, 0.15) is 11.7 Å². The van der Waals surface area contributed by atoms with E-state index in [0.29, 0.717) is 5.56 Å². The van der Waals surface area contributed by atoms with Crippen molar-refractivity contribution in [2.75, 3.05) is 4.90 Å². The van der Waals surface area contributed by atoms with Crippen molar-refractivity contribution in [1.29, 1.82) is 5.41 Å². The fourth-order valence-corrected chi connectivity index (χ4v) is 2.21. The number of halogens is 3. The third-order valence-corrected chi connectivity index (χ3v) is 3.15. The average Bonchev–Trinajstić information content (AvgIpc) is 2.70. The van der Waals surface area contributed by atoms with Gasteiger partial charge < -0.3 is 4.90 Å². The van der Waals surface area contributed by atoms with Gasteiger partial charge in [0.25, 0.3) is 0 Å². The van der Waals surface area contributed by atoms with Crippen molar-refractivity contribution in [3.05, 3.63) is 65.0 Å². The molecule has 0 aromatic heterocycles. The second-order valence-electron chi connectivity index (χ2n) is 4.31. The van der Waals surface area contributed by atoms with Crippen molar-refractivity contribution in [3.8, 4) is 0 Å². The molecule has 0 aliphatic carbocycles. The van der Waals surface area contributed by atoms with Crippen LogP contribution in [-0.4, -0.2) is 5.84 Å². The molecule has 0 spiro atoms.